The van der Waals surface area contributed by atoms with Crippen molar-refractivity contribution in [3.05, 3.63) is 0 Å². The van der Waals surface area contributed by atoms with Gasteiger partial charge >= 0.3 is 0 Å². The summed E-state index contributed by atoms with van der Waals surface area (Å²) in [5, 5.41) is 0. The standard InChI is InChI=1S/C7H18N2O3S/c1-4-7(2,3)6(9-8)5-13(10,11)12/h6,9H,4-5,8H2,1-3H3,(H,10,11,12). The van der Waals surface area contributed by atoms with Gasteiger partial charge in [-0.2, -0.15) is 8.42 Å². The predicted octanol–water partition coefficient (Wildman–Crippen LogP) is 0.142. The number of nitrogens with two attached hydrogens (primary N) is 1. The quantitative estimate of drug-likeness (QED) is 0.341. The highest BCUT2D eigenvalue weighted by Gasteiger charge is 2.30. The predicted molar refractivity (Wildman–Crippen MR) is 51.6 cm³/mol. The summed E-state index contributed by atoms with van der Waals surface area (Å²) in [5.41, 5.74) is 2.15. The van der Waals surface area contributed by atoms with Crippen molar-refractivity contribution < 1.29 is 13.0 Å². The van der Waals surface area contributed by atoms with Gasteiger partial charge in [0.15, 0.2) is 0 Å². The lowest BCUT2D eigenvalue weighted by molar-refractivity contribution is 0.248. The van der Waals surface area contributed by atoms with Gasteiger partial charge in [-0.1, -0.05) is 20.8 Å². The van der Waals surface area contributed by atoms with Crippen molar-refractivity contribution in [1.29, 1.82) is 0 Å². The van der Waals surface area contributed by atoms with Gasteiger partial charge in [-0.05, 0) is 11.8 Å². The van der Waals surface area contributed by atoms with Crippen molar-refractivity contribution in [2.75, 3.05) is 5.75 Å². The fourth-order valence-corrected chi connectivity index (χ4v) is 1.92. The Labute approximate surface area is 79.4 Å². The van der Waals surface area contributed by atoms with Gasteiger partial charge in [0, 0.05) is 6.04 Å². The zero-order valence-corrected chi connectivity index (χ0v) is 9.06. The molecule has 0 aromatic heterocycles. The van der Waals surface area contributed by atoms with Crippen LogP contribution in [0.4, 0.5) is 0 Å². The maximum Gasteiger partial charge on any atom is 0.266 e. The Kier molecular flexibility index (Phi) is 4.31. The summed E-state index contributed by atoms with van der Waals surface area (Å²) < 4.78 is 29.9. The molecule has 0 heterocycles. The first kappa shape index (κ1) is 12.8. The van der Waals surface area contributed by atoms with E-state index in [2.05, 4.69) is 5.43 Å². The van der Waals surface area contributed by atoms with Crippen LogP contribution in [0, 0.1) is 5.41 Å². The smallest absolute Gasteiger partial charge is 0.266 e. The second-order valence-corrected chi connectivity index (χ2v) is 5.31. The zero-order chi connectivity index (χ0) is 10.7. The second-order valence-electron chi connectivity index (χ2n) is 3.81. The van der Waals surface area contributed by atoms with Crippen LogP contribution < -0.4 is 11.3 Å². The number of hydrogen-bond donors (Lipinski definition) is 3. The zero-order valence-electron chi connectivity index (χ0n) is 8.24. The van der Waals surface area contributed by atoms with Gasteiger partial charge in [-0.15, -0.1) is 0 Å². The molecule has 1 unspecified atom stereocenters. The van der Waals surface area contributed by atoms with Gasteiger partial charge in [0.2, 0.25) is 0 Å². The molecule has 0 fully saturated rings. The monoisotopic (exact) mass is 210 g/mol. The second kappa shape index (κ2) is 4.36. The number of rotatable bonds is 5. The summed E-state index contributed by atoms with van der Waals surface area (Å²) in [7, 11) is -3.97. The van der Waals surface area contributed by atoms with E-state index in [0.29, 0.717) is 0 Å². The van der Waals surface area contributed by atoms with Gasteiger partial charge in [-0.25, -0.2) is 0 Å². The van der Waals surface area contributed by atoms with Gasteiger partial charge < -0.3 is 0 Å². The van der Waals surface area contributed by atoms with E-state index in [1.807, 2.05) is 20.8 Å². The van der Waals surface area contributed by atoms with Gasteiger partial charge in [-0.3, -0.25) is 15.8 Å². The molecule has 0 aromatic carbocycles. The minimum atomic E-state index is -3.97. The van der Waals surface area contributed by atoms with Crippen molar-refractivity contribution in [2.45, 2.75) is 33.2 Å². The van der Waals surface area contributed by atoms with E-state index in [-0.39, 0.29) is 11.2 Å². The Bertz CT molecular complexity index is 248. The summed E-state index contributed by atoms with van der Waals surface area (Å²) in [6.07, 6.45) is 0.775. The van der Waals surface area contributed by atoms with Crippen LogP contribution in [0.25, 0.3) is 0 Å². The minimum Gasteiger partial charge on any atom is -0.285 e. The summed E-state index contributed by atoms with van der Waals surface area (Å²) in [6.45, 7) is 5.72. The lowest BCUT2D eigenvalue weighted by Crippen LogP contribution is -2.49. The lowest BCUT2D eigenvalue weighted by atomic mass is 9.83. The van der Waals surface area contributed by atoms with Gasteiger partial charge in [0.1, 0.15) is 0 Å². The van der Waals surface area contributed by atoms with Crippen LogP contribution >= 0.6 is 0 Å². The average Bonchev–Trinajstić information content (AvgIpc) is 1.98. The fraction of sp³-hybridized carbons (Fsp3) is 1.00. The third-order valence-electron chi connectivity index (χ3n) is 2.43. The van der Waals surface area contributed by atoms with E-state index >= 15 is 0 Å². The molecule has 0 aliphatic rings. The number of hydrazine groups is 1. The first-order valence-electron chi connectivity index (χ1n) is 4.14. The van der Waals surface area contributed by atoms with E-state index in [1.165, 1.54) is 0 Å². The SMILES string of the molecule is CCC(C)(C)C(CS(=O)(=O)O)NN. The van der Waals surface area contributed by atoms with Crippen molar-refractivity contribution in [3.63, 3.8) is 0 Å². The first-order chi connectivity index (χ1) is 5.73. The maximum absolute atomic E-state index is 10.6. The van der Waals surface area contributed by atoms with E-state index < -0.39 is 16.2 Å². The summed E-state index contributed by atoms with van der Waals surface area (Å²) in [4.78, 5) is 0. The summed E-state index contributed by atoms with van der Waals surface area (Å²) >= 11 is 0. The largest absolute Gasteiger partial charge is 0.285 e. The van der Waals surface area contributed by atoms with E-state index in [4.69, 9.17) is 10.4 Å². The molecule has 0 bridgehead atoms. The summed E-state index contributed by atoms with van der Waals surface area (Å²) in [6, 6.07) is -0.438. The molecular formula is C7H18N2O3S. The molecule has 0 radical (unpaired) electrons. The molecule has 0 spiro atoms. The van der Waals surface area contributed by atoms with Crippen LogP contribution in [-0.4, -0.2) is 24.8 Å². The molecule has 0 saturated heterocycles. The maximum atomic E-state index is 10.6. The van der Waals surface area contributed by atoms with Crippen LogP contribution in [-0.2, 0) is 10.1 Å². The van der Waals surface area contributed by atoms with Crippen molar-refractivity contribution in [2.24, 2.45) is 11.3 Å². The Morgan fingerprint density at radius 3 is 2.23 bits per heavy atom. The minimum absolute atomic E-state index is 0.259. The molecule has 4 N–H and O–H groups in total. The summed E-state index contributed by atoms with van der Waals surface area (Å²) in [5.74, 6) is 4.86. The van der Waals surface area contributed by atoms with E-state index in [1.54, 1.807) is 0 Å². The van der Waals surface area contributed by atoms with Crippen LogP contribution in [0.15, 0.2) is 0 Å². The third kappa shape index (κ3) is 4.56. The Morgan fingerprint density at radius 1 is 1.54 bits per heavy atom. The molecule has 6 heteroatoms. The molecule has 0 saturated carbocycles. The van der Waals surface area contributed by atoms with Crippen molar-refractivity contribution in [1.82, 2.24) is 5.43 Å². The highest BCUT2D eigenvalue weighted by Crippen LogP contribution is 2.25. The molecule has 0 aliphatic carbocycles. The van der Waals surface area contributed by atoms with Crippen molar-refractivity contribution >= 4 is 10.1 Å². The highest BCUT2D eigenvalue weighted by molar-refractivity contribution is 7.85. The Hall–Kier alpha value is -0.170. The Balaban J connectivity index is 4.53. The van der Waals surface area contributed by atoms with Crippen LogP contribution in [0.2, 0.25) is 0 Å². The average molecular weight is 210 g/mol. The molecular weight excluding hydrogens is 192 g/mol. The number of hydrogen-bond acceptors (Lipinski definition) is 4. The normalized spacial score (nSPS) is 15.8. The highest BCUT2D eigenvalue weighted by atomic mass is 32.2. The van der Waals surface area contributed by atoms with Crippen LogP contribution in [0.5, 0.6) is 0 Å². The molecule has 1 atom stereocenters. The molecule has 0 rings (SSSR count). The van der Waals surface area contributed by atoms with Crippen LogP contribution in [0.3, 0.4) is 0 Å². The van der Waals surface area contributed by atoms with Gasteiger partial charge in [0.25, 0.3) is 10.1 Å². The molecule has 80 valence electrons. The van der Waals surface area contributed by atoms with Gasteiger partial charge in [0.05, 0.1) is 5.75 Å². The Morgan fingerprint density at radius 2 is 2.00 bits per heavy atom. The number of nitrogens with one attached hydrogen (secondary N) is 1. The third-order valence-corrected chi connectivity index (χ3v) is 3.19. The molecule has 0 amide bonds. The van der Waals surface area contributed by atoms with Crippen LogP contribution in [0.1, 0.15) is 27.2 Å². The molecule has 13 heavy (non-hydrogen) atoms. The van der Waals surface area contributed by atoms with Crippen molar-refractivity contribution in [3.8, 4) is 0 Å². The lowest BCUT2D eigenvalue weighted by Gasteiger charge is -2.31. The fourth-order valence-electron chi connectivity index (χ4n) is 0.956. The first-order valence-corrected chi connectivity index (χ1v) is 5.75. The topological polar surface area (TPSA) is 92.4 Å². The van der Waals surface area contributed by atoms with E-state index in [9.17, 15) is 8.42 Å². The van der Waals surface area contributed by atoms with E-state index in [0.717, 1.165) is 6.42 Å². The molecule has 5 nitrogen and oxygen atoms in total. The molecule has 0 aliphatic heterocycles. The molecule has 0 aromatic rings.